The van der Waals surface area contributed by atoms with Crippen molar-refractivity contribution in [3.05, 3.63) is 83.2 Å². The maximum absolute atomic E-state index is 13.6. The van der Waals surface area contributed by atoms with Crippen LogP contribution in [0.2, 0.25) is 0 Å². The molecular formula is C29H35N9O4. The predicted octanol–water partition coefficient (Wildman–Crippen LogP) is 0.465. The van der Waals surface area contributed by atoms with Crippen LogP contribution in [-0.2, 0) is 11.2 Å². The maximum atomic E-state index is 13.6. The second kappa shape index (κ2) is 13.5. The smallest absolute Gasteiger partial charge is 0.290 e. The van der Waals surface area contributed by atoms with Crippen molar-refractivity contribution in [2.45, 2.75) is 12.5 Å². The molecule has 0 saturated carbocycles. The van der Waals surface area contributed by atoms with Crippen molar-refractivity contribution in [2.75, 3.05) is 58.2 Å². The molecule has 1 aromatic heterocycles. The van der Waals surface area contributed by atoms with Crippen molar-refractivity contribution < 1.29 is 19.5 Å². The topological polar surface area (TPSA) is 155 Å². The van der Waals surface area contributed by atoms with Gasteiger partial charge in [0.25, 0.3) is 17.7 Å². The van der Waals surface area contributed by atoms with Gasteiger partial charge in [-0.1, -0.05) is 30.3 Å². The predicted molar refractivity (Wildman–Crippen MR) is 155 cm³/mol. The van der Waals surface area contributed by atoms with E-state index in [-0.39, 0.29) is 36.5 Å². The van der Waals surface area contributed by atoms with Crippen LogP contribution in [0.3, 0.4) is 0 Å². The van der Waals surface area contributed by atoms with Gasteiger partial charge in [-0.15, -0.1) is 0 Å². The van der Waals surface area contributed by atoms with Crippen LogP contribution in [0.1, 0.15) is 37.9 Å². The SMILES string of the molecule is CN1CCN(CC(=O)NN(NC(CO)c2ccccc2)C(=O)c2cnc(Nc3ccc4c(c3)CCNC4=O)nc2)CC1. The number of aromatic nitrogens is 2. The number of rotatable bonds is 9. The standard InChI is InChI=1S/C29H35N9O4/c1-36-11-13-37(14-12-36)18-26(40)35-38(34-25(19-39)20-5-3-2-4-6-20)28(42)22-16-31-29(32-17-22)33-23-7-8-24-21(15-23)9-10-30-27(24)41/h2-8,15-17,25,34,39H,9-14,18-19H2,1H3,(H,30,41)(H,35,40)(H,31,32,33). The summed E-state index contributed by atoms with van der Waals surface area (Å²) in [6.07, 6.45) is 3.45. The van der Waals surface area contributed by atoms with E-state index in [1.807, 2.05) is 48.3 Å². The van der Waals surface area contributed by atoms with Crippen LogP contribution >= 0.6 is 0 Å². The third-order valence-electron chi connectivity index (χ3n) is 7.26. The minimum atomic E-state index is -0.660. The fraction of sp³-hybridized carbons (Fsp3) is 0.345. The number of hydrogen-bond acceptors (Lipinski definition) is 10. The first-order chi connectivity index (χ1) is 20.4. The Morgan fingerprint density at radius 3 is 2.52 bits per heavy atom. The Hall–Kier alpha value is -4.43. The number of likely N-dealkylation sites (N-methyl/N-ethyl adjacent to an activating group) is 1. The van der Waals surface area contributed by atoms with Gasteiger partial charge in [0, 0.05) is 56.4 Å². The summed E-state index contributed by atoms with van der Waals surface area (Å²) >= 11 is 0. The third kappa shape index (κ3) is 7.25. The summed E-state index contributed by atoms with van der Waals surface area (Å²) in [5.74, 6) is -0.790. The summed E-state index contributed by atoms with van der Waals surface area (Å²) in [6.45, 7) is 3.59. The summed E-state index contributed by atoms with van der Waals surface area (Å²) in [6, 6.07) is 13.9. The number of aliphatic hydroxyl groups excluding tert-OH is 1. The van der Waals surface area contributed by atoms with Gasteiger partial charge in [0.1, 0.15) is 0 Å². The minimum absolute atomic E-state index is 0.0913. The number of nitrogens with one attached hydrogen (secondary N) is 4. The Morgan fingerprint density at radius 2 is 1.81 bits per heavy atom. The molecule has 2 aromatic carbocycles. The number of nitrogens with zero attached hydrogens (tertiary/aromatic N) is 5. The molecule has 0 bridgehead atoms. The molecule has 5 rings (SSSR count). The largest absolute Gasteiger partial charge is 0.394 e. The van der Waals surface area contributed by atoms with Crippen LogP contribution < -0.4 is 21.5 Å². The van der Waals surface area contributed by atoms with E-state index >= 15 is 0 Å². The highest BCUT2D eigenvalue weighted by atomic mass is 16.3. The van der Waals surface area contributed by atoms with Crippen LogP contribution in [0.15, 0.2) is 60.9 Å². The lowest BCUT2D eigenvalue weighted by Gasteiger charge is -2.33. The second-order valence-corrected chi connectivity index (χ2v) is 10.3. The summed E-state index contributed by atoms with van der Waals surface area (Å²) in [4.78, 5) is 51.4. The molecule has 2 aliphatic rings. The zero-order valence-corrected chi connectivity index (χ0v) is 23.4. The quantitative estimate of drug-likeness (QED) is 0.228. The Morgan fingerprint density at radius 1 is 1.07 bits per heavy atom. The summed E-state index contributed by atoms with van der Waals surface area (Å²) in [7, 11) is 2.04. The first kappa shape index (κ1) is 29.1. The number of aliphatic hydroxyl groups is 1. The Labute approximate surface area is 243 Å². The summed E-state index contributed by atoms with van der Waals surface area (Å²) in [5.41, 5.74) is 8.77. The highest BCUT2D eigenvalue weighted by Crippen LogP contribution is 2.21. The molecule has 1 saturated heterocycles. The highest BCUT2D eigenvalue weighted by Gasteiger charge is 2.25. The van der Waals surface area contributed by atoms with E-state index in [2.05, 4.69) is 36.4 Å². The molecule has 1 unspecified atom stereocenters. The Balaban J connectivity index is 1.29. The number of piperazine rings is 1. The lowest BCUT2D eigenvalue weighted by atomic mass is 10.00. The number of benzene rings is 2. The normalized spacial score (nSPS) is 16.2. The first-order valence-electron chi connectivity index (χ1n) is 13.9. The van der Waals surface area contributed by atoms with E-state index in [1.54, 1.807) is 12.1 Å². The molecule has 0 radical (unpaired) electrons. The van der Waals surface area contributed by atoms with Gasteiger partial charge >= 0.3 is 0 Å². The van der Waals surface area contributed by atoms with Gasteiger partial charge in [-0.25, -0.2) is 20.8 Å². The number of carbonyl (C=O) groups excluding carboxylic acids is 3. The molecule has 1 atom stereocenters. The molecular weight excluding hydrogens is 538 g/mol. The molecule has 3 amide bonds. The van der Waals surface area contributed by atoms with Crippen molar-refractivity contribution in [3.8, 4) is 0 Å². The number of carbonyl (C=O) groups is 3. The molecule has 13 nitrogen and oxygen atoms in total. The number of anilines is 2. The van der Waals surface area contributed by atoms with E-state index in [0.29, 0.717) is 12.1 Å². The van der Waals surface area contributed by atoms with Gasteiger partial charge in [-0.05, 0) is 42.8 Å². The van der Waals surface area contributed by atoms with Crippen LogP contribution in [-0.4, -0.2) is 101 Å². The highest BCUT2D eigenvalue weighted by molar-refractivity contribution is 5.97. The molecule has 1 fully saturated rings. The molecule has 5 N–H and O–H groups in total. The monoisotopic (exact) mass is 573 g/mol. The molecule has 42 heavy (non-hydrogen) atoms. The molecule has 3 aromatic rings. The number of hydrazine groups is 2. The number of fused-ring (bicyclic) bond motifs is 1. The van der Waals surface area contributed by atoms with Gasteiger partial charge in [-0.2, -0.15) is 5.12 Å². The molecule has 2 aliphatic heterocycles. The molecule has 13 heteroatoms. The van der Waals surface area contributed by atoms with Crippen molar-refractivity contribution in [3.63, 3.8) is 0 Å². The Kier molecular flexibility index (Phi) is 9.34. The van der Waals surface area contributed by atoms with E-state index in [1.165, 1.54) is 12.4 Å². The summed E-state index contributed by atoms with van der Waals surface area (Å²) in [5, 5.41) is 17.0. The maximum Gasteiger partial charge on any atom is 0.290 e. The molecule has 0 spiro atoms. The van der Waals surface area contributed by atoms with Crippen LogP contribution in [0.25, 0.3) is 0 Å². The summed E-state index contributed by atoms with van der Waals surface area (Å²) < 4.78 is 0. The zero-order chi connectivity index (χ0) is 29.5. The van der Waals surface area contributed by atoms with Crippen molar-refractivity contribution >= 4 is 29.4 Å². The fourth-order valence-corrected chi connectivity index (χ4v) is 4.84. The lowest BCUT2D eigenvalue weighted by molar-refractivity contribution is -0.128. The average Bonchev–Trinajstić information content (AvgIpc) is 3.01. The van der Waals surface area contributed by atoms with E-state index in [0.717, 1.165) is 54.5 Å². The van der Waals surface area contributed by atoms with Gasteiger partial charge in [0.05, 0.1) is 24.8 Å². The van der Waals surface area contributed by atoms with Crippen LogP contribution in [0, 0.1) is 0 Å². The van der Waals surface area contributed by atoms with E-state index in [4.69, 9.17) is 0 Å². The third-order valence-corrected chi connectivity index (χ3v) is 7.26. The second-order valence-electron chi connectivity index (χ2n) is 10.3. The van der Waals surface area contributed by atoms with Gasteiger partial charge in [0.15, 0.2) is 0 Å². The lowest BCUT2D eigenvalue weighted by Crippen LogP contribution is -2.58. The van der Waals surface area contributed by atoms with Crippen molar-refractivity contribution in [1.82, 2.24) is 41.1 Å². The van der Waals surface area contributed by atoms with Crippen LogP contribution in [0.5, 0.6) is 0 Å². The Bertz CT molecular complexity index is 1400. The molecule has 0 aliphatic carbocycles. The minimum Gasteiger partial charge on any atom is -0.394 e. The number of hydrogen-bond donors (Lipinski definition) is 5. The molecule has 220 valence electrons. The van der Waals surface area contributed by atoms with Gasteiger partial charge in [-0.3, -0.25) is 19.3 Å². The number of amides is 3. The van der Waals surface area contributed by atoms with Crippen molar-refractivity contribution in [1.29, 1.82) is 0 Å². The fourth-order valence-electron chi connectivity index (χ4n) is 4.84. The van der Waals surface area contributed by atoms with E-state index in [9.17, 15) is 19.5 Å². The average molecular weight is 574 g/mol. The van der Waals surface area contributed by atoms with Crippen LogP contribution in [0.4, 0.5) is 11.6 Å². The van der Waals surface area contributed by atoms with E-state index < -0.39 is 11.9 Å². The van der Waals surface area contributed by atoms with Gasteiger partial charge < -0.3 is 20.6 Å². The van der Waals surface area contributed by atoms with Crippen molar-refractivity contribution in [2.24, 2.45) is 0 Å². The van der Waals surface area contributed by atoms with Gasteiger partial charge in [0.2, 0.25) is 5.95 Å². The zero-order valence-electron chi connectivity index (χ0n) is 23.4. The first-order valence-corrected chi connectivity index (χ1v) is 13.9. The molecule has 3 heterocycles.